The summed E-state index contributed by atoms with van der Waals surface area (Å²) in [4.78, 5) is 4.09. The van der Waals surface area contributed by atoms with Crippen LogP contribution in [0.2, 0.25) is 5.02 Å². The van der Waals surface area contributed by atoms with E-state index in [1.165, 1.54) is 0 Å². The molecule has 1 aromatic heterocycles. The number of rotatable bonds is 5. The van der Waals surface area contributed by atoms with Crippen molar-refractivity contribution < 1.29 is 4.74 Å². The zero-order chi connectivity index (χ0) is 15.5. The molecular weight excluding hydrogens is 286 g/mol. The third-order valence-electron chi connectivity index (χ3n) is 3.14. The molecule has 0 saturated carbocycles. The highest BCUT2D eigenvalue weighted by Crippen LogP contribution is 2.29. The van der Waals surface area contributed by atoms with E-state index in [-0.39, 0.29) is 5.54 Å². The summed E-state index contributed by atoms with van der Waals surface area (Å²) in [5.74, 6) is 0.733. The third-order valence-corrected chi connectivity index (χ3v) is 3.44. The van der Waals surface area contributed by atoms with E-state index in [0.717, 1.165) is 17.0 Å². The highest BCUT2D eigenvalue weighted by molar-refractivity contribution is 6.32. The maximum Gasteiger partial charge on any atom is 0.142 e. The molecule has 0 saturated heterocycles. The van der Waals surface area contributed by atoms with E-state index in [2.05, 4.69) is 31.1 Å². The first-order valence-corrected chi connectivity index (χ1v) is 7.35. The summed E-state index contributed by atoms with van der Waals surface area (Å²) in [6.45, 7) is 7.56. The topological polar surface area (TPSA) is 39.1 Å². The fourth-order valence-electron chi connectivity index (χ4n) is 1.88. The van der Waals surface area contributed by atoms with E-state index in [0.29, 0.717) is 18.2 Å². The summed E-state index contributed by atoms with van der Waals surface area (Å²) in [6.07, 6.45) is 3.55. The molecule has 4 nitrogen and oxygen atoms in total. The molecule has 0 aliphatic rings. The fourth-order valence-corrected chi connectivity index (χ4v) is 2.13. The average Bonchev–Trinajstić information content (AvgIpc) is 2.80. The smallest absolute Gasteiger partial charge is 0.142 e. The Hall–Kier alpha value is -1.52. The normalized spacial score (nSPS) is 11.7. The number of aromatic nitrogens is 2. The van der Waals surface area contributed by atoms with Crippen LogP contribution in [-0.4, -0.2) is 15.1 Å². The van der Waals surface area contributed by atoms with Crippen molar-refractivity contribution in [3.05, 3.63) is 47.0 Å². The van der Waals surface area contributed by atoms with Crippen LogP contribution in [0, 0.1) is 0 Å². The van der Waals surface area contributed by atoms with Crippen LogP contribution in [0.1, 0.15) is 32.0 Å². The van der Waals surface area contributed by atoms with Gasteiger partial charge in [0.15, 0.2) is 0 Å². The predicted octanol–water partition coefficient (Wildman–Crippen LogP) is 3.54. The van der Waals surface area contributed by atoms with E-state index in [4.69, 9.17) is 16.3 Å². The van der Waals surface area contributed by atoms with Crippen molar-refractivity contribution >= 4 is 11.6 Å². The number of ether oxygens (including phenoxy) is 1. The minimum atomic E-state index is 0.0433. The molecule has 5 heteroatoms. The van der Waals surface area contributed by atoms with E-state index in [1.54, 1.807) is 12.5 Å². The van der Waals surface area contributed by atoms with Crippen LogP contribution in [0.5, 0.6) is 5.75 Å². The fraction of sp³-hybridized carbons (Fsp3) is 0.438. The summed E-state index contributed by atoms with van der Waals surface area (Å²) in [7, 11) is 1.94. The van der Waals surface area contributed by atoms with Crippen LogP contribution in [0.25, 0.3) is 0 Å². The first-order chi connectivity index (χ1) is 9.87. The first-order valence-electron chi connectivity index (χ1n) is 6.97. The number of hydrogen-bond acceptors (Lipinski definition) is 3. The van der Waals surface area contributed by atoms with Crippen LogP contribution >= 0.6 is 11.6 Å². The SMILES string of the molecule is Cn1cncc1COc1c(Cl)cccc1CNC(C)(C)C. The van der Waals surface area contributed by atoms with Crippen molar-refractivity contribution in [3.63, 3.8) is 0 Å². The zero-order valence-corrected chi connectivity index (χ0v) is 13.7. The molecule has 0 amide bonds. The lowest BCUT2D eigenvalue weighted by Gasteiger charge is -2.22. The molecule has 1 heterocycles. The summed E-state index contributed by atoms with van der Waals surface area (Å²) >= 11 is 6.28. The molecule has 0 unspecified atom stereocenters. The minimum absolute atomic E-state index is 0.0433. The number of hydrogen-bond donors (Lipinski definition) is 1. The highest BCUT2D eigenvalue weighted by atomic mass is 35.5. The standard InChI is InChI=1S/C16H22ClN3O/c1-16(2,3)19-8-12-6-5-7-14(17)15(12)21-10-13-9-18-11-20(13)4/h5-7,9,11,19H,8,10H2,1-4H3. The second-order valence-electron chi connectivity index (χ2n) is 6.12. The monoisotopic (exact) mass is 307 g/mol. The molecule has 1 N–H and O–H groups in total. The molecule has 2 rings (SSSR count). The van der Waals surface area contributed by atoms with Gasteiger partial charge in [0, 0.05) is 24.7 Å². The molecule has 0 spiro atoms. The Morgan fingerprint density at radius 2 is 2.10 bits per heavy atom. The Morgan fingerprint density at radius 3 is 2.71 bits per heavy atom. The van der Waals surface area contributed by atoms with Crippen molar-refractivity contribution in [3.8, 4) is 5.75 Å². The number of imidazole rings is 1. The Morgan fingerprint density at radius 1 is 1.33 bits per heavy atom. The number of benzene rings is 1. The molecule has 1 aromatic carbocycles. The number of para-hydroxylation sites is 1. The van der Waals surface area contributed by atoms with Crippen molar-refractivity contribution in [2.45, 2.75) is 39.5 Å². The van der Waals surface area contributed by atoms with Crippen molar-refractivity contribution in [2.75, 3.05) is 0 Å². The van der Waals surface area contributed by atoms with Gasteiger partial charge in [0.1, 0.15) is 12.4 Å². The van der Waals surface area contributed by atoms with Crippen molar-refractivity contribution in [1.82, 2.24) is 14.9 Å². The lowest BCUT2D eigenvalue weighted by molar-refractivity contribution is 0.292. The summed E-state index contributed by atoms with van der Waals surface area (Å²) in [5, 5.41) is 4.08. The average molecular weight is 308 g/mol. The minimum Gasteiger partial charge on any atom is -0.485 e. The number of nitrogens with one attached hydrogen (secondary N) is 1. The van der Waals surface area contributed by atoms with Crippen LogP contribution < -0.4 is 10.1 Å². The molecule has 114 valence electrons. The van der Waals surface area contributed by atoms with E-state index < -0.39 is 0 Å². The maximum atomic E-state index is 6.28. The molecule has 2 aromatic rings. The highest BCUT2D eigenvalue weighted by Gasteiger charge is 2.13. The van der Waals surface area contributed by atoms with Gasteiger partial charge in [0.25, 0.3) is 0 Å². The molecular formula is C16H22ClN3O. The van der Waals surface area contributed by atoms with Gasteiger partial charge in [0.05, 0.1) is 23.2 Å². The summed E-state index contributed by atoms with van der Waals surface area (Å²) in [5.41, 5.74) is 2.10. The van der Waals surface area contributed by atoms with E-state index >= 15 is 0 Å². The van der Waals surface area contributed by atoms with Gasteiger partial charge in [-0.15, -0.1) is 0 Å². The van der Waals surface area contributed by atoms with Gasteiger partial charge in [0.2, 0.25) is 0 Å². The molecule has 0 radical (unpaired) electrons. The molecule has 0 aliphatic carbocycles. The molecule has 0 bridgehead atoms. The Labute approximate surface area is 131 Å². The summed E-state index contributed by atoms with van der Waals surface area (Å²) in [6, 6.07) is 5.82. The van der Waals surface area contributed by atoms with Gasteiger partial charge >= 0.3 is 0 Å². The first kappa shape index (κ1) is 15.9. The van der Waals surface area contributed by atoms with Crippen LogP contribution in [0.3, 0.4) is 0 Å². The molecule has 0 fully saturated rings. The van der Waals surface area contributed by atoms with Crippen molar-refractivity contribution in [2.24, 2.45) is 7.05 Å². The largest absolute Gasteiger partial charge is 0.485 e. The maximum absolute atomic E-state index is 6.28. The van der Waals surface area contributed by atoms with Gasteiger partial charge in [-0.3, -0.25) is 0 Å². The van der Waals surface area contributed by atoms with E-state index in [9.17, 15) is 0 Å². The van der Waals surface area contributed by atoms with Crippen LogP contribution in [0.4, 0.5) is 0 Å². The molecule has 21 heavy (non-hydrogen) atoms. The second kappa shape index (κ2) is 6.50. The molecule has 0 atom stereocenters. The third kappa shape index (κ3) is 4.48. The number of nitrogens with zero attached hydrogens (tertiary/aromatic N) is 2. The van der Waals surface area contributed by atoms with Gasteiger partial charge in [-0.2, -0.15) is 0 Å². The lowest BCUT2D eigenvalue weighted by Crippen LogP contribution is -2.35. The van der Waals surface area contributed by atoms with Gasteiger partial charge in [-0.25, -0.2) is 4.98 Å². The van der Waals surface area contributed by atoms with Crippen molar-refractivity contribution in [1.29, 1.82) is 0 Å². The van der Waals surface area contributed by atoms with Crippen LogP contribution in [0.15, 0.2) is 30.7 Å². The predicted molar refractivity (Wildman–Crippen MR) is 85.6 cm³/mol. The number of aryl methyl sites for hydroxylation is 1. The van der Waals surface area contributed by atoms with E-state index in [1.807, 2.05) is 29.8 Å². The summed E-state index contributed by atoms with van der Waals surface area (Å²) < 4.78 is 7.86. The Bertz CT molecular complexity index is 602. The van der Waals surface area contributed by atoms with Crippen LogP contribution in [-0.2, 0) is 20.2 Å². The zero-order valence-electron chi connectivity index (χ0n) is 13.0. The Balaban J connectivity index is 2.12. The lowest BCUT2D eigenvalue weighted by atomic mass is 10.1. The van der Waals surface area contributed by atoms with Gasteiger partial charge < -0.3 is 14.6 Å². The second-order valence-corrected chi connectivity index (χ2v) is 6.52. The quantitative estimate of drug-likeness (QED) is 0.918. The van der Waals surface area contributed by atoms with Gasteiger partial charge in [-0.1, -0.05) is 23.7 Å². The van der Waals surface area contributed by atoms with Gasteiger partial charge in [-0.05, 0) is 26.8 Å². The number of halogens is 1. The Kier molecular flexibility index (Phi) is 4.91. The molecule has 0 aliphatic heterocycles.